The van der Waals surface area contributed by atoms with Gasteiger partial charge in [0.05, 0.1) is 5.92 Å². The average Bonchev–Trinajstić information content (AvgIpc) is 2.55. The fourth-order valence-corrected chi connectivity index (χ4v) is 2.21. The van der Waals surface area contributed by atoms with Gasteiger partial charge in [-0.15, -0.1) is 0 Å². The van der Waals surface area contributed by atoms with Gasteiger partial charge in [-0.1, -0.05) is 44.5 Å². The van der Waals surface area contributed by atoms with Crippen molar-refractivity contribution in [2.24, 2.45) is 23.1 Å². The molecule has 0 heterocycles. The number of nitrogens with two attached hydrogens (primary N) is 3. The summed E-state index contributed by atoms with van der Waals surface area (Å²) >= 11 is 0. The van der Waals surface area contributed by atoms with Gasteiger partial charge in [0.25, 0.3) is 0 Å². The van der Waals surface area contributed by atoms with Gasteiger partial charge in [-0.3, -0.25) is 9.59 Å². The summed E-state index contributed by atoms with van der Waals surface area (Å²) in [7, 11) is 0. The SMILES string of the molecule is CC(C)Cc1ccc(C(C)C(N)=O)cc1.NCCCCC(N)C(=O)O. The number of carboxylic acids is 1. The van der Waals surface area contributed by atoms with Crippen molar-refractivity contribution in [2.45, 2.75) is 58.4 Å². The molecule has 0 saturated heterocycles. The van der Waals surface area contributed by atoms with Crippen molar-refractivity contribution >= 4 is 11.9 Å². The van der Waals surface area contributed by atoms with Crippen LogP contribution in [0.2, 0.25) is 0 Å². The molecule has 0 aliphatic heterocycles. The molecule has 142 valence electrons. The van der Waals surface area contributed by atoms with Gasteiger partial charge in [-0.2, -0.15) is 0 Å². The number of primary amides is 1. The van der Waals surface area contributed by atoms with Crippen LogP contribution < -0.4 is 17.2 Å². The third-order valence-electron chi connectivity index (χ3n) is 3.84. The minimum absolute atomic E-state index is 0.196. The minimum atomic E-state index is -0.933. The highest BCUT2D eigenvalue weighted by Gasteiger charge is 2.11. The standard InChI is InChI=1S/C13H19NO.C6H14N2O2/c1-9(2)8-11-4-6-12(7-5-11)10(3)13(14)15;7-4-2-1-3-5(8)6(9)10/h4-7,9-10H,8H2,1-3H3,(H2,14,15);5H,1-4,7-8H2,(H,9,10). The van der Waals surface area contributed by atoms with Crippen LogP contribution in [0.25, 0.3) is 0 Å². The number of carboxylic acid groups (broad SMARTS) is 1. The summed E-state index contributed by atoms with van der Waals surface area (Å²) in [5.41, 5.74) is 18.0. The molecule has 0 aliphatic carbocycles. The summed E-state index contributed by atoms with van der Waals surface area (Å²) < 4.78 is 0. The smallest absolute Gasteiger partial charge is 0.320 e. The van der Waals surface area contributed by atoms with E-state index in [9.17, 15) is 9.59 Å². The molecule has 2 unspecified atom stereocenters. The largest absolute Gasteiger partial charge is 0.480 e. The second kappa shape index (κ2) is 12.4. The number of aliphatic carboxylic acids is 1. The van der Waals surface area contributed by atoms with E-state index in [1.807, 2.05) is 19.1 Å². The van der Waals surface area contributed by atoms with Crippen molar-refractivity contribution in [3.63, 3.8) is 0 Å². The quantitative estimate of drug-likeness (QED) is 0.505. The first-order valence-corrected chi connectivity index (χ1v) is 8.75. The van der Waals surface area contributed by atoms with Crippen LogP contribution >= 0.6 is 0 Å². The predicted octanol–water partition coefficient (Wildman–Crippen LogP) is 2.00. The Morgan fingerprint density at radius 1 is 1.08 bits per heavy atom. The summed E-state index contributed by atoms with van der Waals surface area (Å²) in [4.78, 5) is 21.1. The summed E-state index contributed by atoms with van der Waals surface area (Å²) in [6, 6.07) is 7.43. The number of carbonyl (C=O) groups is 2. The molecule has 0 radical (unpaired) electrons. The molecule has 1 amide bonds. The van der Waals surface area contributed by atoms with Gasteiger partial charge in [0, 0.05) is 0 Å². The topological polar surface area (TPSA) is 132 Å². The number of hydrogen-bond donors (Lipinski definition) is 4. The maximum atomic E-state index is 11.0. The predicted molar refractivity (Wildman–Crippen MR) is 101 cm³/mol. The van der Waals surface area contributed by atoms with Crippen molar-refractivity contribution < 1.29 is 14.7 Å². The van der Waals surface area contributed by atoms with Crippen LogP contribution in [0.1, 0.15) is 57.1 Å². The van der Waals surface area contributed by atoms with Crippen LogP contribution in [0.15, 0.2) is 24.3 Å². The summed E-state index contributed by atoms with van der Waals surface area (Å²) in [5, 5.41) is 8.33. The molecular formula is C19H33N3O3. The van der Waals surface area contributed by atoms with Crippen LogP contribution in [0.5, 0.6) is 0 Å². The number of amides is 1. The molecular weight excluding hydrogens is 318 g/mol. The van der Waals surface area contributed by atoms with E-state index in [4.69, 9.17) is 22.3 Å². The fourth-order valence-electron chi connectivity index (χ4n) is 2.21. The molecule has 2 atom stereocenters. The van der Waals surface area contributed by atoms with Gasteiger partial charge in [0.2, 0.25) is 5.91 Å². The summed E-state index contributed by atoms with van der Waals surface area (Å²) in [5.74, 6) is -0.744. The lowest BCUT2D eigenvalue weighted by molar-refractivity contribution is -0.138. The first-order valence-electron chi connectivity index (χ1n) is 8.75. The maximum absolute atomic E-state index is 11.0. The Balaban J connectivity index is 0.000000504. The van der Waals surface area contributed by atoms with E-state index in [0.29, 0.717) is 18.9 Å². The van der Waals surface area contributed by atoms with Crippen molar-refractivity contribution in [3.05, 3.63) is 35.4 Å². The van der Waals surface area contributed by atoms with Gasteiger partial charge in [0.1, 0.15) is 6.04 Å². The molecule has 0 saturated carbocycles. The molecule has 0 aliphatic rings. The minimum Gasteiger partial charge on any atom is -0.480 e. The van der Waals surface area contributed by atoms with Crippen LogP contribution in [-0.4, -0.2) is 29.6 Å². The van der Waals surface area contributed by atoms with Gasteiger partial charge in [0.15, 0.2) is 0 Å². The summed E-state index contributed by atoms with van der Waals surface area (Å²) in [6.07, 6.45) is 3.24. The van der Waals surface area contributed by atoms with Crippen molar-refractivity contribution in [3.8, 4) is 0 Å². The Hall–Kier alpha value is -1.92. The lowest BCUT2D eigenvalue weighted by atomic mass is 9.96. The third-order valence-corrected chi connectivity index (χ3v) is 3.84. The first-order chi connectivity index (χ1) is 11.7. The second-order valence-corrected chi connectivity index (χ2v) is 6.69. The molecule has 25 heavy (non-hydrogen) atoms. The van der Waals surface area contributed by atoms with E-state index in [-0.39, 0.29) is 11.8 Å². The molecule has 1 aromatic carbocycles. The van der Waals surface area contributed by atoms with E-state index in [1.54, 1.807) is 0 Å². The number of unbranched alkanes of at least 4 members (excludes halogenated alkanes) is 1. The molecule has 1 aromatic rings. The van der Waals surface area contributed by atoms with E-state index in [1.165, 1.54) is 5.56 Å². The fraction of sp³-hybridized carbons (Fsp3) is 0.579. The lowest BCUT2D eigenvalue weighted by Gasteiger charge is -2.09. The van der Waals surface area contributed by atoms with Crippen LogP contribution in [-0.2, 0) is 16.0 Å². The van der Waals surface area contributed by atoms with E-state index < -0.39 is 12.0 Å². The zero-order chi connectivity index (χ0) is 19.4. The highest BCUT2D eigenvalue weighted by atomic mass is 16.4. The molecule has 0 fully saturated rings. The van der Waals surface area contributed by atoms with Crippen molar-refractivity contribution in [1.82, 2.24) is 0 Å². The molecule has 0 aromatic heterocycles. The van der Waals surface area contributed by atoms with Crippen molar-refractivity contribution in [1.29, 1.82) is 0 Å². The molecule has 6 nitrogen and oxygen atoms in total. The summed E-state index contributed by atoms with van der Waals surface area (Å²) in [6.45, 7) is 6.83. The van der Waals surface area contributed by atoms with E-state index in [0.717, 1.165) is 24.8 Å². The van der Waals surface area contributed by atoms with Crippen molar-refractivity contribution in [2.75, 3.05) is 6.54 Å². The maximum Gasteiger partial charge on any atom is 0.320 e. The zero-order valence-electron chi connectivity index (χ0n) is 15.6. The van der Waals surface area contributed by atoms with E-state index >= 15 is 0 Å². The number of rotatable bonds is 9. The Morgan fingerprint density at radius 2 is 1.64 bits per heavy atom. The van der Waals surface area contributed by atoms with Gasteiger partial charge >= 0.3 is 5.97 Å². The Morgan fingerprint density at radius 3 is 2.04 bits per heavy atom. The zero-order valence-corrected chi connectivity index (χ0v) is 15.6. The highest BCUT2D eigenvalue weighted by molar-refractivity contribution is 5.81. The van der Waals surface area contributed by atoms with Crippen LogP contribution in [0, 0.1) is 5.92 Å². The van der Waals surface area contributed by atoms with Crippen LogP contribution in [0.3, 0.4) is 0 Å². The number of benzene rings is 1. The number of carbonyl (C=O) groups excluding carboxylic acids is 1. The Kier molecular flexibility index (Phi) is 11.5. The Labute approximate surface area is 150 Å². The number of hydrogen-bond acceptors (Lipinski definition) is 4. The van der Waals surface area contributed by atoms with Gasteiger partial charge in [-0.05, 0) is 49.8 Å². The highest BCUT2D eigenvalue weighted by Crippen LogP contribution is 2.16. The van der Waals surface area contributed by atoms with Gasteiger partial charge < -0.3 is 22.3 Å². The average molecular weight is 351 g/mol. The molecule has 0 bridgehead atoms. The lowest BCUT2D eigenvalue weighted by Crippen LogP contribution is -2.29. The molecule has 1 rings (SSSR count). The molecule has 6 heteroatoms. The molecule has 7 N–H and O–H groups in total. The first kappa shape index (κ1) is 23.1. The van der Waals surface area contributed by atoms with Crippen LogP contribution in [0.4, 0.5) is 0 Å². The normalized spacial score (nSPS) is 12.9. The van der Waals surface area contributed by atoms with E-state index in [2.05, 4.69) is 26.0 Å². The monoisotopic (exact) mass is 351 g/mol. The Bertz CT molecular complexity index is 515. The molecule has 0 spiro atoms. The van der Waals surface area contributed by atoms with Gasteiger partial charge in [-0.25, -0.2) is 0 Å². The third kappa shape index (κ3) is 10.5. The second-order valence-electron chi connectivity index (χ2n) is 6.69.